The number of hydrogen-bond donors (Lipinski definition) is 1. The third kappa shape index (κ3) is 6.39. The molecule has 0 aliphatic heterocycles. The molecule has 13 heavy (non-hydrogen) atoms. The van der Waals surface area contributed by atoms with Crippen molar-refractivity contribution in [2.24, 2.45) is 5.92 Å². The monoisotopic (exact) mass is 204 g/mol. The van der Waals surface area contributed by atoms with Crippen molar-refractivity contribution in [2.75, 3.05) is 11.5 Å². The van der Waals surface area contributed by atoms with Crippen molar-refractivity contribution in [3.63, 3.8) is 0 Å². The first-order valence-electron chi connectivity index (χ1n) is 5.30. The summed E-state index contributed by atoms with van der Waals surface area (Å²) in [6, 6.07) is 0. The lowest BCUT2D eigenvalue weighted by atomic mass is 9.95. The van der Waals surface area contributed by atoms with E-state index in [-0.39, 0.29) is 0 Å². The third-order valence-electron chi connectivity index (χ3n) is 2.53. The zero-order chi connectivity index (χ0) is 10.3. The van der Waals surface area contributed by atoms with Gasteiger partial charge in [-0.2, -0.15) is 11.8 Å². The van der Waals surface area contributed by atoms with Crippen LogP contribution in [0.5, 0.6) is 0 Å². The van der Waals surface area contributed by atoms with Crippen LogP contribution in [0.2, 0.25) is 0 Å². The molecule has 0 aliphatic rings. The summed E-state index contributed by atoms with van der Waals surface area (Å²) in [5.41, 5.74) is -0.489. The highest BCUT2D eigenvalue weighted by atomic mass is 32.2. The van der Waals surface area contributed by atoms with E-state index in [0.29, 0.717) is 5.92 Å². The van der Waals surface area contributed by atoms with E-state index in [1.54, 1.807) is 0 Å². The highest BCUT2D eigenvalue weighted by Gasteiger charge is 2.24. The number of rotatable bonds is 7. The third-order valence-corrected chi connectivity index (χ3v) is 3.90. The van der Waals surface area contributed by atoms with Gasteiger partial charge in [0.2, 0.25) is 0 Å². The van der Waals surface area contributed by atoms with E-state index >= 15 is 0 Å². The summed E-state index contributed by atoms with van der Waals surface area (Å²) in [5, 5.41) is 9.93. The molecule has 0 aliphatic carbocycles. The van der Waals surface area contributed by atoms with Gasteiger partial charge in [-0.15, -0.1) is 0 Å². The van der Waals surface area contributed by atoms with E-state index in [0.717, 1.165) is 5.75 Å². The van der Waals surface area contributed by atoms with Gasteiger partial charge in [-0.1, -0.05) is 33.6 Å². The molecule has 0 aromatic heterocycles. The summed E-state index contributed by atoms with van der Waals surface area (Å²) in [5.74, 6) is 2.41. The number of unbranched alkanes of at least 4 members (excludes halogenated alkanes) is 2. The zero-order valence-corrected chi connectivity index (χ0v) is 10.3. The maximum absolute atomic E-state index is 9.93. The predicted molar refractivity (Wildman–Crippen MR) is 62.3 cm³/mol. The predicted octanol–water partition coefficient (Wildman–Crippen LogP) is 3.32. The average Bonchev–Trinajstić information content (AvgIpc) is 2.03. The second kappa shape index (κ2) is 6.72. The van der Waals surface area contributed by atoms with Gasteiger partial charge in [0.1, 0.15) is 0 Å². The van der Waals surface area contributed by atoms with Crippen LogP contribution in [0.15, 0.2) is 0 Å². The molecule has 0 amide bonds. The molecule has 0 saturated carbocycles. The topological polar surface area (TPSA) is 20.2 Å². The number of hydrogen-bond acceptors (Lipinski definition) is 2. The van der Waals surface area contributed by atoms with Crippen molar-refractivity contribution in [2.45, 2.75) is 52.6 Å². The Balaban J connectivity index is 3.41. The van der Waals surface area contributed by atoms with E-state index in [4.69, 9.17) is 0 Å². The molecule has 2 heteroatoms. The highest BCUT2D eigenvalue weighted by Crippen LogP contribution is 2.22. The molecule has 1 nitrogen and oxygen atoms in total. The Morgan fingerprint density at radius 2 is 1.92 bits per heavy atom. The van der Waals surface area contributed by atoms with Gasteiger partial charge in [0.05, 0.1) is 5.60 Å². The summed E-state index contributed by atoms with van der Waals surface area (Å²) >= 11 is 1.88. The van der Waals surface area contributed by atoms with Crippen LogP contribution in [-0.4, -0.2) is 22.2 Å². The SMILES string of the molecule is CCCCCSCC(C)(O)C(C)C. The lowest BCUT2D eigenvalue weighted by Crippen LogP contribution is -2.33. The van der Waals surface area contributed by atoms with Crippen molar-refractivity contribution in [1.29, 1.82) is 0 Å². The molecule has 0 spiro atoms. The van der Waals surface area contributed by atoms with Crippen molar-refractivity contribution in [1.82, 2.24) is 0 Å². The van der Waals surface area contributed by atoms with Crippen LogP contribution in [0.3, 0.4) is 0 Å². The van der Waals surface area contributed by atoms with Crippen LogP contribution in [-0.2, 0) is 0 Å². The molecule has 0 bridgehead atoms. The number of thioether (sulfide) groups is 1. The molecule has 80 valence electrons. The van der Waals surface area contributed by atoms with Crippen LogP contribution in [0, 0.1) is 5.92 Å². The summed E-state index contributed by atoms with van der Waals surface area (Å²) in [6.45, 7) is 8.30. The Labute approximate surface area is 87.3 Å². The van der Waals surface area contributed by atoms with Crippen LogP contribution in [0.25, 0.3) is 0 Å². The Bertz CT molecular complexity index is 121. The minimum absolute atomic E-state index is 0.353. The Hall–Kier alpha value is 0.310. The van der Waals surface area contributed by atoms with Crippen LogP contribution >= 0.6 is 11.8 Å². The average molecular weight is 204 g/mol. The fourth-order valence-corrected chi connectivity index (χ4v) is 2.20. The standard InChI is InChI=1S/C11H24OS/c1-5-6-7-8-13-9-11(4,12)10(2)3/h10,12H,5-9H2,1-4H3. The van der Waals surface area contributed by atoms with Crippen LogP contribution < -0.4 is 0 Å². The Kier molecular flexibility index (Phi) is 6.88. The molecule has 0 saturated heterocycles. The summed E-state index contributed by atoms with van der Waals surface area (Å²) < 4.78 is 0. The minimum Gasteiger partial charge on any atom is -0.389 e. The Morgan fingerprint density at radius 3 is 2.38 bits per heavy atom. The maximum atomic E-state index is 9.93. The largest absolute Gasteiger partial charge is 0.389 e. The van der Waals surface area contributed by atoms with Crippen LogP contribution in [0.4, 0.5) is 0 Å². The molecule has 1 atom stereocenters. The first-order chi connectivity index (χ1) is 6.00. The Morgan fingerprint density at radius 1 is 1.31 bits per heavy atom. The molecule has 1 unspecified atom stereocenters. The van der Waals surface area contributed by atoms with E-state index in [1.807, 2.05) is 18.7 Å². The van der Waals surface area contributed by atoms with E-state index < -0.39 is 5.60 Å². The van der Waals surface area contributed by atoms with Gasteiger partial charge < -0.3 is 5.11 Å². The molecular weight excluding hydrogens is 180 g/mol. The first kappa shape index (κ1) is 13.3. The molecule has 0 fully saturated rings. The van der Waals surface area contributed by atoms with Gasteiger partial charge in [-0.25, -0.2) is 0 Å². The molecule has 0 aromatic rings. The van der Waals surface area contributed by atoms with Crippen molar-refractivity contribution in [3.05, 3.63) is 0 Å². The fraction of sp³-hybridized carbons (Fsp3) is 1.00. The lowest BCUT2D eigenvalue weighted by molar-refractivity contribution is 0.0376. The highest BCUT2D eigenvalue weighted by molar-refractivity contribution is 7.99. The summed E-state index contributed by atoms with van der Waals surface area (Å²) in [7, 11) is 0. The van der Waals surface area contributed by atoms with E-state index in [9.17, 15) is 5.11 Å². The van der Waals surface area contributed by atoms with Gasteiger partial charge in [0.25, 0.3) is 0 Å². The molecule has 0 radical (unpaired) electrons. The van der Waals surface area contributed by atoms with Gasteiger partial charge in [-0.05, 0) is 25.0 Å². The van der Waals surface area contributed by atoms with Crippen molar-refractivity contribution >= 4 is 11.8 Å². The second-order valence-electron chi connectivity index (χ2n) is 4.27. The summed E-state index contributed by atoms with van der Waals surface area (Å²) in [4.78, 5) is 0. The van der Waals surface area contributed by atoms with Gasteiger partial charge in [0, 0.05) is 5.75 Å². The fourth-order valence-electron chi connectivity index (χ4n) is 0.900. The van der Waals surface area contributed by atoms with Crippen LogP contribution in [0.1, 0.15) is 47.0 Å². The molecular formula is C11H24OS. The minimum atomic E-state index is -0.489. The zero-order valence-electron chi connectivity index (χ0n) is 9.47. The van der Waals surface area contributed by atoms with Gasteiger partial charge in [-0.3, -0.25) is 0 Å². The molecule has 0 heterocycles. The number of aliphatic hydroxyl groups is 1. The van der Waals surface area contributed by atoms with Gasteiger partial charge >= 0.3 is 0 Å². The van der Waals surface area contributed by atoms with E-state index in [2.05, 4.69) is 20.8 Å². The van der Waals surface area contributed by atoms with E-state index in [1.165, 1.54) is 25.0 Å². The first-order valence-corrected chi connectivity index (χ1v) is 6.46. The second-order valence-corrected chi connectivity index (χ2v) is 5.38. The molecule has 0 rings (SSSR count). The van der Waals surface area contributed by atoms with Crippen molar-refractivity contribution < 1.29 is 5.11 Å². The lowest BCUT2D eigenvalue weighted by Gasteiger charge is -2.27. The normalized spacial score (nSPS) is 16.2. The molecule has 1 N–H and O–H groups in total. The van der Waals surface area contributed by atoms with Crippen molar-refractivity contribution in [3.8, 4) is 0 Å². The van der Waals surface area contributed by atoms with Gasteiger partial charge in [0.15, 0.2) is 0 Å². The maximum Gasteiger partial charge on any atom is 0.0732 e. The summed E-state index contributed by atoms with van der Waals surface area (Å²) in [6.07, 6.45) is 3.88. The quantitative estimate of drug-likeness (QED) is 0.642. The smallest absolute Gasteiger partial charge is 0.0732 e. The molecule has 0 aromatic carbocycles.